The Morgan fingerprint density at radius 3 is 2.81 bits per heavy atom. The van der Waals surface area contributed by atoms with Crippen molar-refractivity contribution in [2.75, 3.05) is 19.8 Å². The standard InChI is InChI=1S/C19H22FN3O3/c20-15-7-5-14(6-8-15)19(9-11-25-13-19)18-21-16(26-22-18)12-23-10-3-1-2-4-17(23)24/h5-8H,1-4,9-13H2/t19-/m0/s1. The van der Waals surface area contributed by atoms with Crippen LogP contribution in [0.25, 0.3) is 0 Å². The van der Waals surface area contributed by atoms with Crippen molar-refractivity contribution in [3.63, 3.8) is 0 Å². The largest absolute Gasteiger partial charge is 0.380 e. The molecule has 0 N–H and O–H groups in total. The van der Waals surface area contributed by atoms with E-state index in [1.165, 1.54) is 12.1 Å². The molecule has 1 aromatic carbocycles. The van der Waals surface area contributed by atoms with Crippen LogP contribution in [0.5, 0.6) is 0 Å². The predicted octanol–water partition coefficient (Wildman–Crippen LogP) is 2.82. The van der Waals surface area contributed by atoms with E-state index in [0.29, 0.717) is 44.3 Å². The van der Waals surface area contributed by atoms with Gasteiger partial charge in [0.2, 0.25) is 11.8 Å². The molecule has 0 aliphatic carbocycles. The molecule has 1 aromatic heterocycles. The Labute approximate surface area is 151 Å². The third-order valence-electron chi connectivity index (χ3n) is 5.31. The summed E-state index contributed by atoms with van der Waals surface area (Å²) in [7, 11) is 0. The molecule has 26 heavy (non-hydrogen) atoms. The molecule has 2 aromatic rings. The fourth-order valence-corrected chi connectivity index (χ4v) is 3.75. The number of hydrogen-bond acceptors (Lipinski definition) is 5. The summed E-state index contributed by atoms with van der Waals surface area (Å²) in [6.45, 7) is 2.08. The van der Waals surface area contributed by atoms with E-state index in [1.54, 1.807) is 17.0 Å². The van der Waals surface area contributed by atoms with Crippen molar-refractivity contribution in [2.45, 2.75) is 44.1 Å². The topological polar surface area (TPSA) is 68.5 Å². The first-order valence-electron chi connectivity index (χ1n) is 9.12. The zero-order valence-corrected chi connectivity index (χ0v) is 14.6. The van der Waals surface area contributed by atoms with E-state index in [9.17, 15) is 9.18 Å². The highest BCUT2D eigenvalue weighted by Crippen LogP contribution is 2.38. The number of hydrogen-bond donors (Lipinski definition) is 0. The van der Waals surface area contributed by atoms with Crippen molar-refractivity contribution in [2.24, 2.45) is 0 Å². The number of aromatic nitrogens is 2. The molecule has 3 heterocycles. The second-order valence-corrected chi connectivity index (χ2v) is 7.03. The van der Waals surface area contributed by atoms with Gasteiger partial charge in [0.15, 0.2) is 5.82 Å². The molecular formula is C19H22FN3O3. The first-order valence-corrected chi connectivity index (χ1v) is 9.12. The van der Waals surface area contributed by atoms with Crippen LogP contribution in [0.15, 0.2) is 28.8 Å². The normalized spacial score (nSPS) is 24.0. The van der Waals surface area contributed by atoms with Crippen LogP contribution < -0.4 is 0 Å². The van der Waals surface area contributed by atoms with Gasteiger partial charge in [0.05, 0.1) is 18.6 Å². The van der Waals surface area contributed by atoms with Gasteiger partial charge < -0.3 is 14.2 Å². The monoisotopic (exact) mass is 359 g/mol. The molecule has 0 unspecified atom stereocenters. The van der Waals surface area contributed by atoms with Crippen LogP contribution in [0.3, 0.4) is 0 Å². The first kappa shape index (κ1) is 17.1. The number of ether oxygens (including phenoxy) is 1. The minimum atomic E-state index is -0.530. The number of amides is 1. The Morgan fingerprint density at radius 1 is 1.19 bits per heavy atom. The average molecular weight is 359 g/mol. The Hall–Kier alpha value is -2.28. The molecule has 0 radical (unpaired) electrons. The highest BCUT2D eigenvalue weighted by molar-refractivity contribution is 5.76. The fourth-order valence-electron chi connectivity index (χ4n) is 3.75. The van der Waals surface area contributed by atoms with Crippen LogP contribution in [-0.4, -0.2) is 40.7 Å². The fraction of sp³-hybridized carbons (Fsp3) is 0.526. The summed E-state index contributed by atoms with van der Waals surface area (Å²) in [5, 5.41) is 4.19. The number of carbonyl (C=O) groups excluding carboxylic acids is 1. The van der Waals surface area contributed by atoms with Gasteiger partial charge in [-0.3, -0.25) is 4.79 Å². The predicted molar refractivity (Wildman–Crippen MR) is 90.8 cm³/mol. The molecule has 2 saturated heterocycles. The first-order chi connectivity index (χ1) is 12.7. The van der Waals surface area contributed by atoms with E-state index >= 15 is 0 Å². The summed E-state index contributed by atoms with van der Waals surface area (Å²) >= 11 is 0. The Balaban J connectivity index is 1.58. The van der Waals surface area contributed by atoms with Crippen LogP contribution in [0.2, 0.25) is 0 Å². The molecule has 1 amide bonds. The molecule has 2 fully saturated rings. The average Bonchev–Trinajstić information content (AvgIpc) is 3.27. The van der Waals surface area contributed by atoms with E-state index in [4.69, 9.17) is 9.26 Å². The number of halogens is 1. The van der Waals surface area contributed by atoms with E-state index in [-0.39, 0.29) is 11.7 Å². The van der Waals surface area contributed by atoms with Gasteiger partial charge in [0.25, 0.3) is 0 Å². The Bertz CT molecular complexity index is 769. The van der Waals surface area contributed by atoms with Crippen molar-refractivity contribution < 1.29 is 18.4 Å². The molecule has 7 heteroatoms. The maximum Gasteiger partial charge on any atom is 0.246 e. The van der Waals surface area contributed by atoms with Crippen molar-refractivity contribution in [3.8, 4) is 0 Å². The van der Waals surface area contributed by atoms with Gasteiger partial charge in [-0.15, -0.1) is 0 Å². The molecule has 4 rings (SSSR count). The van der Waals surface area contributed by atoms with Gasteiger partial charge in [-0.1, -0.05) is 23.7 Å². The van der Waals surface area contributed by atoms with Crippen LogP contribution >= 0.6 is 0 Å². The second-order valence-electron chi connectivity index (χ2n) is 7.03. The van der Waals surface area contributed by atoms with Gasteiger partial charge in [0, 0.05) is 19.6 Å². The van der Waals surface area contributed by atoms with Gasteiger partial charge in [0.1, 0.15) is 5.82 Å². The van der Waals surface area contributed by atoms with Crippen molar-refractivity contribution >= 4 is 5.91 Å². The molecule has 2 aliphatic heterocycles. The third kappa shape index (κ3) is 3.23. The zero-order valence-electron chi connectivity index (χ0n) is 14.6. The molecule has 2 aliphatic rings. The van der Waals surface area contributed by atoms with E-state index in [0.717, 1.165) is 31.4 Å². The lowest BCUT2D eigenvalue weighted by Gasteiger charge is -2.24. The van der Waals surface area contributed by atoms with E-state index in [2.05, 4.69) is 10.1 Å². The summed E-state index contributed by atoms with van der Waals surface area (Å²) in [6.07, 6.45) is 4.30. The van der Waals surface area contributed by atoms with Crippen LogP contribution in [0.1, 0.15) is 49.4 Å². The number of benzene rings is 1. The van der Waals surface area contributed by atoms with E-state index < -0.39 is 5.41 Å². The van der Waals surface area contributed by atoms with Crippen molar-refractivity contribution in [1.29, 1.82) is 0 Å². The highest BCUT2D eigenvalue weighted by Gasteiger charge is 2.43. The molecular weight excluding hydrogens is 337 g/mol. The smallest absolute Gasteiger partial charge is 0.246 e. The summed E-state index contributed by atoms with van der Waals surface area (Å²) in [6, 6.07) is 6.37. The number of carbonyl (C=O) groups is 1. The van der Waals surface area contributed by atoms with Gasteiger partial charge in [-0.05, 0) is 37.0 Å². The molecule has 138 valence electrons. The van der Waals surface area contributed by atoms with Gasteiger partial charge >= 0.3 is 0 Å². The van der Waals surface area contributed by atoms with Crippen LogP contribution in [-0.2, 0) is 21.5 Å². The summed E-state index contributed by atoms with van der Waals surface area (Å²) in [5.74, 6) is 0.832. The lowest BCUT2D eigenvalue weighted by molar-refractivity contribution is -0.131. The summed E-state index contributed by atoms with van der Waals surface area (Å²) in [5.41, 5.74) is 0.382. The number of likely N-dealkylation sites (tertiary alicyclic amines) is 1. The minimum absolute atomic E-state index is 0.139. The van der Waals surface area contributed by atoms with Crippen LogP contribution in [0, 0.1) is 5.82 Å². The molecule has 6 nitrogen and oxygen atoms in total. The van der Waals surface area contributed by atoms with E-state index in [1.807, 2.05) is 0 Å². The SMILES string of the molecule is O=C1CCCCCN1Cc1nc([C@@]2(c3ccc(F)cc3)CCOC2)no1. The third-order valence-corrected chi connectivity index (χ3v) is 5.31. The number of rotatable bonds is 4. The van der Waals surface area contributed by atoms with Crippen molar-refractivity contribution in [1.82, 2.24) is 15.0 Å². The lowest BCUT2D eigenvalue weighted by atomic mass is 9.79. The lowest BCUT2D eigenvalue weighted by Crippen LogP contribution is -2.31. The van der Waals surface area contributed by atoms with Crippen molar-refractivity contribution in [3.05, 3.63) is 47.4 Å². The van der Waals surface area contributed by atoms with Gasteiger partial charge in [-0.25, -0.2) is 4.39 Å². The van der Waals surface area contributed by atoms with Gasteiger partial charge in [-0.2, -0.15) is 4.98 Å². The highest BCUT2D eigenvalue weighted by atomic mass is 19.1. The molecule has 0 spiro atoms. The second kappa shape index (κ2) is 7.15. The summed E-state index contributed by atoms with van der Waals surface area (Å²) < 4.78 is 24.4. The summed E-state index contributed by atoms with van der Waals surface area (Å²) in [4.78, 5) is 18.5. The Kier molecular flexibility index (Phi) is 4.72. The molecule has 1 atom stereocenters. The molecule has 0 saturated carbocycles. The Morgan fingerprint density at radius 2 is 2.04 bits per heavy atom. The maximum atomic E-state index is 13.3. The zero-order chi connectivity index (χ0) is 18.0. The molecule has 0 bridgehead atoms. The quantitative estimate of drug-likeness (QED) is 0.840. The maximum absolute atomic E-state index is 13.3. The van der Waals surface area contributed by atoms with Crippen LogP contribution in [0.4, 0.5) is 4.39 Å². The minimum Gasteiger partial charge on any atom is -0.380 e. The number of nitrogens with zero attached hydrogens (tertiary/aromatic N) is 3.